The van der Waals surface area contributed by atoms with E-state index in [0.717, 1.165) is 12.8 Å². The van der Waals surface area contributed by atoms with Gasteiger partial charge in [0.1, 0.15) is 0 Å². The number of unbranched alkanes of at least 4 members (excludes halogenated alkanes) is 6. The number of methoxy groups -OCH3 is 1. The molecular formula is C13H27NO2. The minimum atomic E-state index is -0.426. The van der Waals surface area contributed by atoms with Gasteiger partial charge in [-0.3, -0.25) is 4.79 Å². The van der Waals surface area contributed by atoms with Crippen LogP contribution in [0.4, 0.5) is 0 Å². The van der Waals surface area contributed by atoms with Crippen LogP contribution in [0.5, 0.6) is 0 Å². The Morgan fingerprint density at radius 3 is 2.25 bits per heavy atom. The highest BCUT2D eigenvalue weighted by atomic mass is 16.5. The second-order valence-electron chi connectivity index (χ2n) is 4.40. The van der Waals surface area contributed by atoms with Gasteiger partial charge in [0.15, 0.2) is 5.78 Å². The number of rotatable bonds is 11. The molecule has 0 heterocycles. The Balaban J connectivity index is 3.27. The highest BCUT2D eigenvalue weighted by Crippen LogP contribution is 2.09. The summed E-state index contributed by atoms with van der Waals surface area (Å²) in [7, 11) is 1.57. The molecule has 0 amide bonds. The molecule has 0 aliphatic heterocycles. The molecule has 0 radical (unpaired) electrons. The molecule has 0 aliphatic carbocycles. The van der Waals surface area contributed by atoms with E-state index in [0.29, 0.717) is 13.0 Å². The van der Waals surface area contributed by atoms with Crippen LogP contribution in [0.15, 0.2) is 0 Å². The molecule has 3 heteroatoms. The van der Waals surface area contributed by atoms with Crippen molar-refractivity contribution in [1.82, 2.24) is 0 Å². The van der Waals surface area contributed by atoms with Gasteiger partial charge in [-0.1, -0.05) is 45.4 Å². The molecule has 3 nitrogen and oxygen atoms in total. The average Bonchev–Trinajstić information content (AvgIpc) is 2.28. The fraction of sp³-hybridized carbons (Fsp3) is 0.923. The van der Waals surface area contributed by atoms with Gasteiger partial charge in [-0.25, -0.2) is 0 Å². The molecule has 0 aromatic heterocycles. The van der Waals surface area contributed by atoms with Crippen molar-refractivity contribution in [2.45, 2.75) is 64.3 Å². The van der Waals surface area contributed by atoms with E-state index in [2.05, 4.69) is 6.92 Å². The van der Waals surface area contributed by atoms with Crippen molar-refractivity contribution in [3.8, 4) is 0 Å². The van der Waals surface area contributed by atoms with Gasteiger partial charge < -0.3 is 10.5 Å². The molecule has 0 saturated heterocycles. The normalized spacial score (nSPS) is 12.7. The first-order chi connectivity index (χ1) is 7.72. The van der Waals surface area contributed by atoms with E-state index in [9.17, 15) is 4.79 Å². The van der Waals surface area contributed by atoms with E-state index in [1.165, 1.54) is 32.1 Å². The van der Waals surface area contributed by atoms with Crippen molar-refractivity contribution in [1.29, 1.82) is 0 Å². The Morgan fingerprint density at radius 1 is 1.12 bits per heavy atom. The van der Waals surface area contributed by atoms with Crippen molar-refractivity contribution in [2.24, 2.45) is 5.73 Å². The SMILES string of the molecule is CCCCCCCCCC(=O)C(N)COC. The lowest BCUT2D eigenvalue weighted by Crippen LogP contribution is -2.34. The molecule has 2 N–H and O–H groups in total. The number of Topliss-reactive ketones (excluding diaryl/α,β-unsaturated/α-hetero) is 1. The molecule has 1 atom stereocenters. The van der Waals surface area contributed by atoms with E-state index in [4.69, 9.17) is 10.5 Å². The predicted molar refractivity (Wildman–Crippen MR) is 67.5 cm³/mol. The molecule has 0 aromatic carbocycles. The molecule has 0 saturated carbocycles. The predicted octanol–water partition coefficient (Wildman–Crippen LogP) is 2.67. The smallest absolute Gasteiger partial charge is 0.151 e. The van der Waals surface area contributed by atoms with Gasteiger partial charge in [0.2, 0.25) is 0 Å². The number of ether oxygens (including phenoxy) is 1. The molecule has 0 rings (SSSR count). The third-order valence-corrected chi connectivity index (χ3v) is 2.79. The summed E-state index contributed by atoms with van der Waals surface area (Å²) in [5.74, 6) is 0.135. The molecule has 1 unspecified atom stereocenters. The van der Waals surface area contributed by atoms with Crippen molar-refractivity contribution in [3.63, 3.8) is 0 Å². The summed E-state index contributed by atoms with van der Waals surface area (Å²) in [6, 6.07) is -0.426. The highest BCUT2D eigenvalue weighted by molar-refractivity contribution is 5.83. The van der Waals surface area contributed by atoms with Crippen LogP contribution in [-0.4, -0.2) is 25.5 Å². The number of carbonyl (C=O) groups is 1. The van der Waals surface area contributed by atoms with Crippen LogP contribution in [0.25, 0.3) is 0 Å². The van der Waals surface area contributed by atoms with E-state index >= 15 is 0 Å². The summed E-state index contributed by atoms with van der Waals surface area (Å²) in [6.45, 7) is 2.56. The quantitative estimate of drug-likeness (QED) is 0.554. The molecule has 0 aliphatic rings. The third kappa shape index (κ3) is 8.86. The standard InChI is InChI=1S/C13H27NO2/c1-3-4-5-6-7-8-9-10-13(15)12(14)11-16-2/h12H,3-11,14H2,1-2H3. The monoisotopic (exact) mass is 229 g/mol. The van der Waals surface area contributed by atoms with Crippen molar-refractivity contribution in [3.05, 3.63) is 0 Å². The van der Waals surface area contributed by atoms with E-state index in [-0.39, 0.29) is 5.78 Å². The Bertz CT molecular complexity index is 171. The first kappa shape index (κ1) is 15.6. The maximum absolute atomic E-state index is 11.5. The lowest BCUT2D eigenvalue weighted by molar-refractivity contribution is -0.121. The van der Waals surface area contributed by atoms with Crippen LogP contribution in [-0.2, 0) is 9.53 Å². The summed E-state index contributed by atoms with van der Waals surface area (Å²) in [4.78, 5) is 11.5. The van der Waals surface area contributed by atoms with E-state index in [1.807, 2.05) is 0 Å². The fourth-order valence-electron chi connectivity index (χ4n) is 1.71. The Morgan fingerprint density at radius 2 is 1.69 bits per heavy atom. The van der Waals surface area contributed by atoms with Gasteiger partial charge in [-0.15, -0.1) is 0 Å². The Labute approximate surface area is 99.7 Å². The number of ketones is 1. The van der Waals surface area contributed by atoms with Crippen molar-refractivity contribution in [2.75, 3.05) is 13.7 Å². The lowest BCUT2D eigenvalue weighted by Gasteiger charge is -2.08. The molecular weight excluding hydrogens is 202 g/mol. The molecule has 96 valence electrons. The first-order valence-corrected chi connectivity index (χ1v) is 6.49. The van der Waals surface area contributed by atoms with Crippen LogP contribution < -0.4 is 5.73 Å². The van der Waals surface area contributed by atoms with Crippen LogP contribution in [0.2, 0.25) is 0 Å². The number of hydrogen-bond acceptors (Lipinski definition) is 3. The second kappa shape index (κ2) is 11.1. The summed E-state index contributed by atoms with van der Waals surface area (Å²) in [5, 5.41) is 0. The zero-order valence-electron chi connectivity index (χ0n) is 10.8. The van der Waals surface area contributed by atoms with Gasteiger partial charge in [-0.2, -0.15) is 0 Å². The number of hydrogen-bond donors (Lipinski definition) is 1. The Hall–Kier alpha value is -0.410. The molecule has 0 spiro atoms. The van der Waals surface area contributed by atoms with Crippen LogP contribution >= 0.6 is 0 Å². The Kier molecular flexibility index (Phi) is 10.8. The number of nitrogens with two attached hydrogens (primary N) is 1. The maximum Gasteiger partial charge on any atom is 0.151 e. The summed E-state index contributed by atoms with van der Waals surface area (Å²) < 4.78 is 4.85. The van der Waals surface area contributed by atoms with Gasteiger partial charge in [0.05, 0.1) is 12.6 Å². The van der Waals surface area contributed by atoms with Crippen LogP contribution in [0, 0.1) is 0 Å². The topological polar surface area (TPSA) is 52.3 Å². The molecule has 0 bridgehead atoms. The van der Waals surface area contributed by atoms with Gasteiger partial charge in [-0.05, 0) is 6.42 Å². The minimum Gasteiger partial charge on any atom is -0.383 e. The van der Waals surface area contributed by atoms with Gasteiger partial charge in [0.25, 0.3) is 0 Å². The third-order valence-electron chi connectivity index (χ3n) is 2.79. The van der Waals surface area contributed by atoms with Crippen LogP contribution in [0.3, 0.4) is 0 Å². The van der Waals surface area contributed by atoms with Crippen molar-refractivity contribution < 1.29 is 9.53 Å². The van der Waals surface area contributed by atoms with Crippen molar-refractivity contribution >= 4 is 5.78 Å². The number of carbonyl (C=O) groups excluding carboxylic acids is 1. The van der Waals surface area contributed by atoms with Crippen LogP contribution in [0.1, 0.15) is 58.3 Å². The minimum absolute atomic E-state index is 0.135. The van der Waals surface area contributed by atoms with E-state index in [1.54, 1.807) is 7.11 Å². The largest absolute Gasteiger partial charge is 0.383 e. The molecule has 0 aromatic rings. The fourth-order valence-corrected chi connectivity index (χ4v) is 1.71. The summed E-state index contributed by atoms with van der Waals surface area (Å²) in [5.41, 5.74) is 5.63. The molecule has 0 fully saturated rings. The molecule has 16 heavy (non-hydrogen) atoms. The van der Waals surface area contributed by atoms with E-state index < -0.39 is 6.04 Å². The first-order valence-electron chi connectivity index (χ1n) is 6.49. The average molecular weight is 229 g/mol. The second-order valence-corrected chi connectivity index (χ2v) is 4.40. The lowest BCUT2D eigenvalue weighted by atomic mass is 10.0. The zero-order valence-corrected chi connectivity index (χ0v) is 10.8. The highest BCUT2D eigenvalue weighted by Gasteiger charge is 2.11. The van der Waals surface area contributed by atoms with Gasteiger partial charge >= 0.3 is 0 Å². The zero-order chi connectivity index (χ0) is 12.2. The van der Waals surface area contributed by atoms with Gasteiger partial charge in [0, 0.05) is 13.5 Å². The summed E-state index contributed by atoms with van der Waals surface area (Å²) >= 11 is 0. The summed E-state index contributed by atoms with van der Waals surface area (Å²) in [6.07, 6.45) is 9.21. The maximum atomic E-state index is 11.5.